The summed E-state index contributed by atoms with van der Waals surface area (Å²) in [7, 11) is 0. The Morgan fingerprint density at radius 1 is 1.15 bits per heavy atom. The Balaban J connectivity index is 1.86. The van der Waals surface area contributed by atoms with Gasteiger partial charge in [-0.1, -0.05) is 23.7 Å². The molecular formula is C20H24ClNO4. The van der Waals surface area contributed by atoms with Crippen molar-refractivity contribution in [3.63, 3.8) is 0 Å². The number of hydrogen-bond acceptors (Lipinski definition) is 4. The molecule has 0 bridgehead atoms. The van der Waals surface area contributed by atoms with Crippen molar-refractivity contribution in [3.05, 3.63) is 59.0 Å². The fourth-order valence-electron chi connectivity index (χ4n) is 2.59. The fourth-order valence-corrected chi connectivity index (χ4v) is 2.72. The molecular weight excluding hydrogens is 354 g/mol. The first kappa shape index (κ1) is 20.0. The smallest absolute Gasteiger partial charge is 0.307 e. The molecule has 1 amide bonds. The number of carbonyl (C=O) groups is 2. The number of ether oxygens (including phenoxy) is 1. The molecule has 2 aromatic rings. The Bertz CT molecular complexity index is 682. The van der Waals surface area contributed by atoms with E-state index in [0.717, 1.165) is 18.4 Å². The van der Waals surface area contributed by atoms with Gasteiger partial charge >= 0.3 is 5.97 Å². The number of benzene rings is 1. The minimum atomic E-state index is -0.300. The van der Waals surface area contributed by atoms with Crippen molar-refractivity contribution in [2.45, 2.75) is 39.2 Å². The van der Waals surface area contributed by atoms with Gasteiger partial charge in [-0.2, -0.15) is 0 Å². The minimum Gasteiger partial charge on any atom is -0.467 e. The van der Waals surface area contributed by atoms with E-state index in [0.29, 0.717) is 36.9 Å². The van der Waals surface area contributed by atoms with E-state index < -0.39 is 0 Å². The Kier molecular flexibility index (Phi) is 8.22. The largest absolute Gasteiger partial charge is 0.467 e. The van der Waals surface area contributed by atoms with E-state index in [1.807, 2.05) is 30.3 Å². The van der Waals surface area contributed by atoms with Crippen LogP contribution in [-0.2, 0) is 27.3 Å². The van der Waals surface area contributed by atoms with Gasteiger partial charge in [0, 0.05) is 18.0 Å². The average Bonchev–Trinajstić information content (AvgIpc) is 3.13. The Morgan fingerprint density at radius 3 is 2.58 bits per heavy atom. The van der Waals surface area contributed by atoms with Crippen LogP contribution in [0.3, 0.4) is 0 Å². The zero-order valence-corrected chi connectivity index (χ0v) is 15.7. The van der Waals surface area contributed by atoms with Crippen LogP contribution in [0, 0.1) is 0 Å². The number of amides is 1. The van der Waals surface area contributed by atoms with Gasteiger partial charge in [0.1, 0.15) is 5.76 Å². The van der Waals surface area contributed by atoms with E-state index in [9.17, 15) is 9.59 Å². The molecule has 0 atom stereocenters. The number of hydrogen-bond donors (Lipinski definition) is 0. The average molecular weight is 378 g/mol. The first-order valence-corrected chi connectivity index (χ1v) is 9.16. The highest BCUT2D eigenvalue weighted by Gasteiger charge is 2.17. The quantitative estimate of drug-likeness (QED) is 0.581. The van der Waals surface area contributed by atoms with Crippen molar-refractivity contribution < 1.29 is 18.7 Å². The van der Waals surface area contributed by atoms with Crippen molar-refractivity contribution in [2.75, 3.05) is 13.2 Å². The summed E-state index contributed by atoms with van der Waals surface area (Å²) in [4.78, 5) is 25.9. The molecule has 0 N–H and O–H groups in total. The van der Waals surface area contributed by atoms with Crippen molar-refractivity contribution in [2.24, 2.45) is 0 Å². The molecule has 0 aliphatic carbocycles. The van der Waals surface area contributed by atoms with E-state index >= 15 is 0 Å². The number of esters is 1. The molecule has 1 aromatic carbocycles. The number of rotatable bonds is 10. The second kappa shape index (κ2) is 10.7. The lowest BCUT2D eigenvalue weighted by Crippen LogP contribution is -2.32. The highest BCUT2D eigenvalue weighted by atomic mass is 35.5. The molecule has 0 aliphatic rings. The van der Waals surface area contributed by atoms with Crippen LogP contribution in [0.25, 0.3) is 0 Å². The van der Waals surface area contributed by atoms with Gasteiger partial charge < -0.3 is 14.1 Å². The molecule has 0 saturated heterocycles. The monoisotopic (exact) mass is 377 g/mol. The van der Waals surface area contributed by atoms with E-state index in [-0.39, 0.29) is 18.3 Å². The molecule has 0 unspecified atom stereocenters. The molecule has 1 heterocycles. The van der Waals surface area contributed by atoms with E-state index in [1.54, 1.807) is 24.2 Å². The minimum absolute atomic E-state index is 0.000313. The lowest BCUT2D eigenvalue weighted by molar-refractivity contribution is -0.144. The standard InChI is InChI=1S/C20H24ClNO4/c1-2-25-20(24)12-13-22(15-18-6-4-14-26-18)19(23)7-3-5-16-8-10-17(21)11-9-16/h4,6,8-11,14H,2-3,5,7,12-13,15H2,1H3. The van der Waals surface area contributed by atoms with Gasteiger partial charge in [0.05, 0.1) is 25.8 Å². The van der Waals surface area contributed by atoms with Crippen molar-refractivity contribution in [1.82, 2.24) is 4.90 Å². The maximum absolute atomic E-state index is 12.6. The zero-order chi connectivity index (χ0) is 18.8. The second-order valence-corrected chi connectivity index (χ2v) is 6.37. The SMILES string of the molecule is CCOC(=O)CCN(Cc1ccco1)C(=O)CCCc1ccc(Cl)cc1. The van der Waals surface area contributed by atoms with Crippen LogP contribution < -0.4 is 0 Å². The number of furan rings is 1. The topological polar surface area (TPSA) is 59.8 Å². The van der Waals surface area contributed by atoms with Crippen LogP contribution >= 0.6 is 11.6 Å². The van der Waals surface area contributed by atoms with Crippen LogP contribution in [0.4, 0.5) is 0 Å². The summed E-state index contributed by atoms with van der Waals surface area (Å²) in [6.45, 7) is 2.78. The zero-order valence-electron chi connectivity index (χ0n) is 14.9. The molecule has 6 heteroatoms. The summed E-state index contributed by atoms with van der Waals surface area (Å²) in [5, 5.41) is 0.702. The van der Waals surface area contributed by atoms with Crippen molar-refractivity contribution in [3.8, 4) is 0 Å². The molecule has 0 radical (unpaired) electrons. The lowest BCUT2D eigenvalue weighted by Gasteiger charge is -2.21. The number of carbonyl (C=O) groups excluding carboxylic acids is 2. The Hall–Kier alpha value is -2.27. The third-order valence-corrected chi connectivity index (χ3v) is 4.19. The van der Waals surface area contributed by atoms with Gasteiger partial charge in [0.2, 0.25) is 5.91 Å². The molecule has 0 aliphatic heterocycles. The lowest BCUT2D eigenvalue weighted by atomic mass is 10.1. The van der Waals surface area contributed by atoms with Gasteiger partial charge in [0.25, 0.3) is 0 Å². The predicted octanol–water partition coefficient (Wildman–Crippen LogP) is 4.24. The second-order valence-electron chi connectivity index (χ2n) is 5.93. The first-order chi connectivity index (χ1) is 12.6. The summed E-state index contributed by atoms with van der Waals surface area (Å²) in [6.07, 6.45) is 3.69. The van der Waals surface area contributed by atoms with Crippen LogP contribution in [0.15, 0.2) is 47.1 Å². The van der Waals surface area contributed by atoms with Crippen LogP contribution in [0.5, 0.6) is 0 Å². The molecule has 0 fully saturated rings. The molecule has 26 heavy (non-hydrogen) atoms. The third kappa shape index (κ3) is 6.92. The number of nitrogens with zero attached hydrogens (tertiary/aromatic N) is 1. The predicted molar refractivity (Wildman–Crippen MR) is 99.8 cm³/mol. The van der Waals surface area contributed by atoms with Gasteiger partial charge in [-0.3, -0.25) is 9.59 Å². The number of halogens is 1. The summed E-state index contributed by atoms with van der Waals surface area (Å²) < 4.78 is 10.3. The summed E-state index contributed by atoms with van der Waals surface area (Å²) in [5.74, 6) is 0.394. The van der Waals surface area contributed by atoms with Gasteiger partial charge in [-0.15, -0.1) is 0 Å². The normalized spacial score (nSPS) is 10.5. The first-order valence-electron chi connectivity index (χ1n) is 8.78. The van der Waals surface area contributed by atoms with Gasteiger partial charge in [-0.25, -0.2) is 0 Å². The molecule has 140 valence electrons. The Morgan fingerprint density at radius 2 is 1.92 bits per heavy atom. The number of aryl methyl sites for hydroxylation is 1. The highest BCUT2D eigenvalue weighted by Crippen LogP contribution is 2.13. The van der Waals surface area contributed by atoms with Crippen molar-refractivity contribution in [1.29, 1.82) is 0 Å². The van der Waals surface area contributed by atoms with Crippen molar-refractivity contribution >= 4 is 23.5 Å². The maximum Gasteiger partial charge on any atom is 0.307 e. The van der Waals surface area contributed by atoms with Gasteiger partial charge in [-0.05, 0) is 49.6 Å². The van der Waals surface area contributed by atoms with E-state index in [1.165, 1.54) is 0 Å². The molecule has 0 saturated carbocycles. The highest BCUT2D eigenvalue weighted by molar-refractivity contribution is 6.30. The third-order valence-electron chi connectivity index (χ3n) is 3.94. The fraction of sp³-hybridized carbons (Fsp3) is 0.400. The molecule has 5 nitrogen and oxygen atoms in total. The summed E-state index contributed by atoms with van der Waals surface area (Å²) in [5.41, 5.74) is 1.14. The van der Waals surface area contributed by atoms with Crippen LogP contribution in [-0.4, -0.2) is 29.9 Å². The molecule has 1 aromatic heterocycles. The summed E-state index contributed by atoms with van der Waals surface area (Å²) in [6, 6.07) is 11.2. The Labute approximate surface area is 158 Å². The molecule has 2 rings (SSSR count). The van der Waals surface area contributed by atoms with Crippen LogP contribution in [0.1, 0.15) is 37.5 Å². The van der Waals surface area contributed by atoms with E-state index in [2.05, 4.69) is 0 Å². The molecule has 0 spiro atoms. The maximum atomic E-state index is 12.6. The summed E-state index contributed by atoms with van der Waals surface area (Å²) >= 11 is 5.88. The van der Waals surface area contributed by atoms with E-state index in [4.69, 9.17) is 20.8 Å². The van der Waals surface area contributed by atoms with Gasteiger partial charge in [0.15, 0.2) is 0 Å². The van der Waals surface area contributed by atoms with Crippen LogP contribution in [0.2, 0.25) is 5.02 Å².